The summed E-state index contributed by atoms with van der Waals surface area (Å²) in [4.78, 5) is 8.55. The first-order valence-electron chi connectivity index (χ1n) is 4.06. The highest BCUT2D eigenvalue weighted by atomic mass is 32.2. The van der Waals surface area contributed by atoms with Crippen LogP contribution in [0, 0.1) is 0 Å². The third-order valence-electron chi connectivity index (χ3n) is 1.25. The van der Waals surface area contributed by atoms with Crippen molar-refractivity contribution in [2.75, 3.05) is 6.26 Å². The average Bonchev–Trinajstić information content (AvgIpc) is 2.50. The molecule has 0 spiro atoms. The van der Waals surface area contributed by atoms with E-state index in [1.165, 1.54) is 0 Å². The maximum atomic E-state index is 5.17. The summed E-state index contributed by atoms with van der Waals surface area (Å²) in [5, 5.41) is 0.845. The molecule has 0 aromatic carbocycles. The van der Waals surface area contributed by atoms with Crippen LogP contribution < -0.4 is 0 Å². The third kappa shape index (κ3) is 3.22. The van der Waals surface area contributed by atoms with Gasteiger partial charge in [0.2, 0.25) is 0 Å². The van der Waals surface area contributed by atoms with Gasteiger partial charge in [0.05, 0.1) is 11.7 Å². The van der Waals surface area contributed by atoms with E-state index in [2.05, 4.69) is 9.98 Å². The van der Waals surface area contributed by atoms with Crippen molar-refractivity contribution >= 4 is 16.8 Å². The van der Waals surface area contributed by atoms with Crippen molar-refractivity contribution in [2.24, 2.45) is 4.99 Å². The van der Waals surface area contributed by atoms with Crippen molar-refractivity contribution in [3.05, 3.63) is 18.4 Å². The van der Waals surface area contributed by atoms with Crippen LogP contribution in [0.15, 0.2) is 21.9 Å². The van der Waals surface area contributed by atoms with Gasteiger partial charge in [-0.25, -0.2) is 4.98 Å². The van der Waals surface area contributed by atoms with E-state index in [0.29, 0.717) is 5.89 Å². The van der Waals surface area contributed by atoms with Crippen LogP contribution in [0.2, 0.25) is 0 Å². The van der Waals surface area contributed by atoms with E-state index in [-0.39, 0.29) is 5.54 Å². The molecule has 1 rings (SSSR count). The lowest BCUT2D eigenvalue weighted by molar-refractivity contribution is 0.541. The molecule has 1 aromatic rings. The summed E-state index contributed by atoms with van der Waals surface area (Å²) < 4.78 is 5.17. The van der Waals surface area contributed by atoms with E-state index >= 15 is 0 Å². The molecule has 1 heterocycles. The molecule has 4 heteroatoms. The Kier molecular flexibility index (Phi) is 3.14. The summed E-state index contributed by atoms with van der Waals surface area (Å²) in [7, 11) is 0. The standard InChI is InChI=1S/C9H14N2OS/c1-9(2,3)11-8(13-4)7-10-5-6-12-7/h5-6H,1-4H3. The second-order valence-electron chi connectivity index (χ2n) is 3.63. The number of nitrogens with zero attached hydrogens (tertiary/aromatic N) is 2. The van der Waals surface area contributed by atoms with Gasteiger partial charge in [-0.15, -0.1) is 11.8 Å². The van der Waals surface area contributed by atoms with Crippen molar-refractivity contribution in [1.29, 1.82) is 0 Å². The topological polar surface area (TPSA) is 38.4 Å². The summed E-state index contributed by atoms with van der Waals surface area (Å²) in [6, 6.07) is 0. The smallest absolute Gasteiger partial charge is 0.251 e. The van der Waals surface area contributed by atoms with Crippen molar-refractivity contribution in [3.8, 4) is 0 Å². The minimum absolute atomic E-state index is 0.0905. The monoisotopic (exact) mass is 198 g/mol. The van der Waals surface area contributed by atoms with Gasteiger partial charge in [-0.1, -0.05) is 0 Å². The molecule has 0 saturated heterocycles. The van der Waals surface area contributed by atoms with E-state index < -0.39 is 0 Å². The van der Waals surface area contributed by atoms with E-state index in [0.717, 1.165) is 5.04 Å². The Hall–Kier alpha value is -0.770. The molecule has 0 aliphatic heterocycles. The van der Waals surface area contributed by atoms with E-state index in [9.17, 15) is 0 Å². The van der Waals surface area contributed by atoms with Crippen molar-refractivity contribution < 1.29 is 4.42 Å². The van der Waals surface area contributed by atoms with Crippen LogP contribution in [-0.4, -0.2) is 21.8 Å². The number of aliphatic imine (C=N–C) groups is 1. The van der Waals surface area contributed by atoms with Gasteiger partial charge in [-0.2, -0.15) is 0 Å². The van der Waals surface area contributed by atoms with Crippen LogP contribution in [0.25, 0.3) is 0 Å². The molecular formula is C9H14N2OS. The molecule has 72 valence electrons. The van der Waals surface area contributed by atoms with E-state index in [4.69, 9.17) is 4.42 Å². The van der Waals surface area contributed by atoms with Gasteiger partial charge in [-0.05, 0) is 27.0 Å². The van der Waals surface area contributed by atoms with Crippen LogP contribution in [0.1, 0.15) is 26.7 Å². The maximum Gasteiger partial charge on any atom is 0.251 e. The van der Waals surface area contributed by atoms with Crippen LogP contribution in [-0.2, 0) is 0 Å². The summed E-state index contributed by atoms with van der Waals surface area (Å²) in [5.74, 6) is 0.599. The van der Waals surface area contributed by atoms with Crippen LogP contribution in [0.3, 0.4) is 0 Å². The molecular weight excluding hydrogens is 184 g/mol. The lowest BCUT2D eigenvalue weighted by Gasteiger charge is -2.12. The second-order valence-corrected chi connectivity index (χ2v) is 4.42. The first-order chi connectivity index (χ1) is 6.03. The highest BCUT2D eigenvalue weighted by Gasteiger charge is 2.13. The Balaban J connectivity index is 2.93. The maximum absolute atomic E-state index is 5.17. The summed E-state index contributed by atoms with van der Waals surface area (Å²) in [6.07, 6.45) is 5.16. The molecule has 13 heavy (non-hydrogen) atoms. The number of hydrogen-bond acceptors (Lipinski definition) is 4. The number of oxazole rings is 1. The minimum Gasteiger partial charge on any atom is -0.443 e. The van der Waals surface area contributed by atoms with Crippen LogP contribution >= 0.6 is 11.8 Å². The Morgan fingerprint density at radius 2 is 2.23 bits per heavy atom. The molecule has 0 radical (unpaired) electrons. The molecule has 0 unspecified atom stereocenters. The lowest BCUT2D eigenvalue weighted by Crippen LogP contribution is -2.13. The summed E-state index contributed by atoms with van der Waals surface area (Å²) in [6.45, 7) is 6.14. The van der Waals surface area contributed by atoms with E-state index in [1.54, 1.807) is 24.2 Å². The third-order valence-corrected chi connectivity index (χ3v) is 1.90. The largest absolute Gasteiger partial charge is 0.443 e. The lowest BCUT2D eigenvalue weighted by atomic mass is 10.1. The fourth-order valence-corrected chi connectivity index (χ4v) is 1.46. The number of hydrogen-bond donors (Lipinski definition) is 0. The Morgan fingerprint density at radius 1 is 1.54 bits per heavy atom. The fourth-order valence-electron chi connectivity index (χ4n) is 0.814. The Labute approximate surface area is 82.7 Å². The highest BCUT2D eigenvalue weighted by Crippen LogP contribution is 2.15. The normalized spacial score (nSPS) is 13.4. The van der Waals surface area contributed by atoms with Crippen molar-refractivity contribution in [2.45, 2.75) is 26.3 Å². The Bertz CT molecular complexity index is 285. The molecule has 0 fully saturated rings. The second kappa shape index (κ2) is 3.96. The van der Waals surface area contributed by atoms with Gasteiger partial charge < -0.3 is 4.42 Å². The Morgan fingerprint density at radius 3 is 2.62 bits per heavy atom. The van der Waals surface area contributed by atoms with Gasteiger partial charge >= 0.3 is 0 Å². The predicted octanol–water partition coefficient (Wildman–Crippen LogP) is 2.58. The zero-order chi connectivity index (χ0) is 9.90. The first kappa shape index (κ1) is 10.3. The van der Waals surface area contributed by atoms with Gasteiger partial charge in [0.25, 0.3) is 5.89 Å². The van der Waals surface area contributed by atoms with Crippen LogP contribution in [0.5, 0.6) is 0 Å². The molecule has 0 N–H and O–H groups in total. The predicted molar refractivity (Wildman–Crippen MR) is 56.3 cm³/mol. The van der Waals surface area contributed by atoms with Gasteiger partial charge in [0, 0.05) is 0 Å². The van der Waals surface area contributed by atoms with Gasteiger partial charge in [0.1, 0.15) is 6.26 Å². The average molecular weight is 198 g/mol. The molecule has 1 aromatic heterocycles. The quantitative estimate of drug-likeness (QED) is 0.514. The molecule has 0 bridgehead atoms. The van der Waals surface area contributed by atoms with Gasteiger partial charge in [-0.3, -0.25) is 4.99 Å². The minimum atomic E-state index is -0.0905. The first-order valence-corrected chi connectivity index (χ1v) is 5.29. The SMILES string of the molecule is CSC(=NC(C)(C)C)c1ncco1. The van der Waals surface area contributed by atoms with Crippen molar-refractivity contribution in [1.82, 2.24) is 4.98 Å². The molecule has 0 aliphatic carbocycles. The van der Waals surface area contributed by atoms with E-state index in [1.807, 2.05) is 27.0 Å². The molecule has 0 amide bonds. The molecule has 0 atom stereocenters. The molecule has 3 nitrogen and oxygen atoms in total. The fraction of sp³-hybridized carbons (Fsp3) is 0.556. The van der Waals surface area contributed by atoms with Gasteiger partial charge in [0.15, 0.2) is 5.04 Å². The molecule has 0 saturated carbocycles. The zero-order valence-corrected chi connectivity index (χ0v) is 9.18. The summed E-state index contributed by atoms with van der Waals surface area (Å²) in [5.41, 5.74) is -0.0905. The van der Waals surface area contributed by atoms with Crippen molar-refractivity contribution in [3.63, 3.8) is 0 Å². The number of aromatic nitrogens is 1. The number of thioether (sulfide) groups is 1. The molecule has 0 aliphatic rings. The summed E-state index contributed by atoms with van der Waals surface area (Å²) >= 11 is 1.55. The highest BCUT2D eigenvalue weighted by molar-refractivity contribution is 8.13. The zero-order valence-electron chi connectivity index (χ0n) is 8.37. The van der Waals surface area contributed by atoms with Crippen LogP contribution in [0.4, 0.5) is 0 Å². The number of rotatable bonds is 1.